The monoisotopic (exact) mass is 299 g/mol. The van der Waals surface area contributed by atoms with E-state index in [2.05, 4.69) is 4.98 Å². The third-order valence-electron chi connectivity index (χ3n) is 4.30. The molecule has 0 bridgehead atoms. The summed E-state index contributed by atoms with van der Waals surface area (Å²) in [6, 6.07) is 5.78. The van der Waals surface area contributed by atoms with Crippen molar-refractivity contribution >= 4 is 0 Å². The zero-order chi connectivity index (χ0) is 15.1. The third kappa shape index (κ3) is 2.18. The summed E-state index contributed by atoms with van der Waals surface area (Å²) < 4.78 is 11.0. The number of benzene rings is 1. The second-order valence-corrected chi connectivity index (χ2v) is 5.69. The zero-order valence-electron chi connectivity index (χ0n) is 12.0. The number of aliphatic hydroxyl groups excluding tert-OH is 2. The van der Waals surface area contributed by atoms with E-state index < -0.39 is 12.2 Å². The molecule has 114 valence electrons. The molecule has 2 atom stereocenters. The smallest absolute Gasteiger partial charge is 0.125 e. The first-order chi connectivity index (χ1) is 10.7. The molecule has 0 saturated carbocycles. The molecule has 0 spiro atoms. The summed E-state index contributed by atoms with van der Waals surface area (Å²) in [7, 11) is 0. The van der Waals surface area contributed by atoms with E-state index in [1.165, 1.54) is 0 Å². The Morgan fingerprint density at radius 2 is 2.00 bits per heavy atom. The molecule has 4 rings (SSSR count). The van der Waals surface area contributed by atoms with E-state index in [1.54, 1.807) is 12.4 Å². The molecule has 1 aromatic carbocycles. The Labute approximate surface area is 128 Å². The van der Waals surface area contributed by atoms with Gasteiger partial charge >= 0.3 is 0 Å². The molecule has 22 heavy (non-hydrogen) atoms. The van der Waals surface area contributed by atoms with Gasteiger partial charge in [0.15, 0.2) is 0 Å². The van der Waals surface area contributed by atoms with Gasteiger partial charge in [0.25, 0.3) is 0 Å². The summed E-state index contributed by atoms with van der Waals surface area (Å²) in [5.41, 5.74) is 4.46. The van der Waals surface area contributed by atoms with Crippen LogP contribution in [0.25, 0.3) is 11.1 Å². The van der Waals surface area contributed by atoms with Gasteiger partial charge in [-0.2, -0.15) is 0 Å². The number of ether oxygens (including phenoxy) is 2. The number of aromatic nitrogens is 1. The van der Waals surface area contributed by atoms with E-state index in [0.717, 1.165) is 33.6 Å². The highest BCUT2D eigenvalue weighted by Crippen LogP contribution is 2.38. The van der Waals surface area contributed by atoms with Crippen LogP contribution in [0.15, 0.2) is 30.6 Å². The Morgan fingerprint density at radius 3 is 2.91 bits per heavy atom. The maximum atomic E-state index is 10.2. The number of hydrogen-bond acceptors (Lipinski definition) is 5. The minimum absolute atomic E-state index is 0.300. The second-order valence-electron chi connectivity index (χ2n) is 5.69. The van der Waals surface area contributed by atoms with Crippen LogP contribution in [0.4, 0.5) is 0 Å². The molecule has 2 N–H and O–H groups in total. The SMILES string of the molecule is OC1CCOc2ccc(-c3cncc4c3COCC4O)cc21. The van der Waals surface area contributed by atoms with Crippen molar-refractivity contribution in [1.82, 2.24) is 4.98 Å². The summed E-state index contributed by atoms with van der Waals surface area (Å²) in [5.74, 6) is 0.733. The largest absolute Gasteiger partial charge is 0.493 e. The fraction of sp³-hybridized carbons (Fsp3) is 0.353. The van der Waals surface area contributed by atoms with Crippen molar-refractivity contribution in [2.75, 3.05) is 13.2 Å². The quantitative estimate of drug-likeness (QED) is 0.844. The number of nitrogens with zero attached hydrogens (tertiary/aromatic N) is 1. The molecule has 2 aliphatic heterocycles. The molecule has 0 aliphatic carbocycles. The number of pyridine rings is 1. The first-order valence-electron chi connectivity index (χ1n) is 7.42. The van der Waals surface area contributed by atoms with E-state index in [9.17, 15) is 10.2 Å². The highest BCUT2D eigenvalue weighted by atomic mass is 16.5. The van der Waals surface area contributed by atoms with Gasteiger partial charge in [-0.05, 0) is 23.3 Å². The van der Waals surface area contributed by atoms with Gasteiger partial charge in [-0.1, -0.05) is 6.07 Å². The van der Waals surface area contributed by atoms with E-state index in [1.807, 2.05) is 18.2 Å². The second kappa shape index (κ2) is 5.35. The molecule has 2 unspecified atom stereocenters. The van der Waals surface area contributed by atoms with E-state index in [4.69, 9.17) is 9.47 Å². The minimum atomic E-state index is -0.636. The predicted octanol–water partition coefficient (Wildman–Crippen LogP) is 2.13. The number of hydrogen-bond donors (Lipinski definition) is 2. The van der Waals surface area contributed by atoms with Gasteiger partial charge < -0.3 is 19.7 Å². The van der Waals surface area contributed by atoms with Crippen molar-refractivity contribution in [1.29, 1.82) is 0 Å². The maximum Gasteiger partial charge on any atom is 0.125 e. The fourth-order valence-corrected chi connectivity index (χ4v) is 3.11. The zero-order valence-corrected chi connectivity index (χ0v) is 12.0. The molecule has 2 aromatic rings. The normalized spacial score (nSPS) is 23.4. The molecule has 0 saturated heterocycles. The van der Waals surface area contributed by atoms with Crippen molar-refractivity contribution in [2.45, 2.75) is 25.2 Å². The Balaban J connectivity index is 1.83. The number of aliphatic hydroxyl groups is 2. The first-order valence-corrected chi connectivity index (χ1v) is 7.42. The summed E-state index contributed by atoms with van der Waals surface area (Å²) in [6.45, 7) is 1.30. The first kappa shape index (κ1) is 13.7. The predicted molar refractivity (Wildman–Crippen MR) is 79.4 cm³/mol. The van der Waals surface area contributed by atoms with Crippen LogP contribution >= 0.6 is 0 Å². The van der Waals surface area contributed by atoms with Crippen LogP contribution in [0.2, 0.25) is 0 Å². The van der Waals surface area contributed by atoms with Gasteiger partial charge in [-0.25, -0.2) is 0 Å². The highest BCUT2D eigenvalue weighted by molar-refractivity contribution is 5.70. The maximum absolute atomic E-state index is 10.2. The summed E-state index contributed by atoms with van der Waals surface area (Å²) in [6.07, 6.45) is 2.94. The van der Waals surface area contributed by atoms with Crippen molar-refractivity contribution in [3.63, 3.8) is 0 Å². The van der Waals surface area contributed by atoms with Crippen molar-refractivity contribution in [3.8, 4) is 16.9 Å². The van der Waals surface area contributed by atoms with Crippen LogP contribution in [-0.2, 0) is 11.3 Å². The average Bonchev–Trinajstić information content (AvgIpc) is 2.55. The molecular formula is C17H17NO4. The number of rotatable bonds is 1. The lowest BCUT2D eigenvalue weighted by molar-refractivity contribution is 0.00981. The Hall–Kier alpha value is -1.95. The van der Waals surface area contributed by atoms with Crippen LogP contribution in [-0.4, -0.2) is 28.4 Å². The molecule has 2 aliphatic rings. The van der Waals surface area contributed by atoms with Crippen LogP contribution in [0, 0.1) is 0 Å². The molecule has 5 heteroatoms. The molecule has 1 aromatic heterocycles. The molecule has 5 nitrogen and oxygen atoms in total. The minimum Gasteiger partial charge on any atom is -0.493 e. The van der Waals surface area contributed by atoms with Gasteiger partial charge in [-0.15, -0.1) is 0 Å². The molecular weight excluding hydrogens is 282 g/mol. The topological polar surface area (TPSA) is 71.8 Å². The van der Waals surface area contributed by atoms with E-state index >= 15 is 0 Å². The lowest BCUT2D eigenvalue weighted by atomic mass is 9.92. The lowest BCUT2D eigenvalue weighted by Gasteiger charge is -2.25. The van der Waals surface area contributed by atoms with Gasteiger partial charge in [0.1, 0.15) is 11.9 Å². The van der Waals surface area contributed by atoms with E-state index in [-0.39, 0.29) is 0 Å². The van der Waals surface area contributed by atoms with Crippen molar-refractivity contribution in [3.05, 3.63) is 47.3 Å². The standard InChI is InChI=1S/C17H17NO4/c19-15-3-4-22-17-2-1-10(5-11(15)17)12-6-18-7-13-14(12)8-21-9-16(13)20/h1-2,5-7,15-16,19-20H,3-4,8-9H2. The molecule has 3 heterocycles. The Morgan fingerprint density at radius 1 is 1.09 bits per heavy atom. The Kier molecular flexibility index (Phi) is 3.33. The summed E-state index contributed by atoms with van der Waals surface area (Å²) >= 11 is 0. The van der Waals surface area contributed by atoms with Crippen molar-refractivity contribution < 1.29 is 19.7 Å². The summed E-state index contributed by atoms with van der Waals surface area (Å²) in [4.78, 5) is 4.25. The van der Waals surface area contributed by atoms with Crippen LogP contribution in [0.3, 0.4) is 0 Å². The van der Waals surface area contributed by atoms with Crippen LogP contribution < -0.4 is 4.74 Å². The van der Waals surface area contributed by atoms with Gasteiger partial charge in [0, 0.05) is 35.5 Å². The molecule has 0 radical (unpaired) electrons. The molecule has 0 amide bonds. The van der Waals surface area contributed by atoms with Crippen LogP contribution in [0.1, 0.15) is 35.3 Å². The summed E-state index contributed by atoms with van der Waals surface area (Å²) in [5, 5.41) is 20.2. The van der Waals surface area contributed by atoms with Gasteiger partial charge in [0.2, 0.25) is 0 Å². The van der Waals surface area contributed by atoms with Crippen molar-refractivity contribution in [2.24, 2.45) is 0 Å². The van der Waals surface area contributed by atoms with Gasteiger partial charge in [0.05, 0.1) is 25.9 Å². The van der Waals surface area contributed by atoms with Crippen LogP contribution in [0.5, 0.6) is 5.75 Å². The van der Waals surface area contributed by atoms with Gasteiger partial charge in [-0.3, -0.25) is 4.98 Å². The average molecular weight is 299 g/mol. The Bertz CT molecular complexity index is 716. The fourth-order valence-electron chi connectivity index (χ4n) is 3.11. The molecule has 0 fully saturated rings. The van der Waals surface area contributed by atoms with E-state index in [0.29, 0.717) is 26.2 Å². The lowest BCUT2D eigenvalue weighted by Crippen LogP contribution is -2.17. The third-order valence-corrected chi connectivity index (χ3v) is 4.30. The number of fused-ring (bicyclic) bond motifs is 2. The highest BCUT2D eigenvalue weighted by Gasteiger charge is 2.24.